The second-order valence-corrected chi connectivity index (χ2v) is 7.21. The number of carbonyl (C=O) groups excluding carboxylic acids is 3. The Labute approximate surface area is 167 Å². The standard InChI is InChI=1S/C20H18Cl2N2O3/c1-12(14-9-8-13(21)11-17(14)22)23-18(25)7-4-10-24-19(26)15-5-2-3-6-16(15)20(24)27/h2-3,5-6,8-9,11-12H,4,7,10H2,1H3,(H,23,25)/t12-/m0/s1. The van der Waals surface area contributed by atoms with E-state index in [4.69, 9.17) is 23.2 Å². The summed E-state index contributed by atoms with van der Waals surface area (Å²) in [6, 6.07) is 11.6. The Morgan fingerprint density at radius 1 is 1.07 bits per heavy atom. The Kier molecular flexibility index (Phi) is 5.82. The van der Waals surface area contributed by atoms with Gasteiger partial charge in [0.2, 0.25) is 5.91 Å². The first-order valence-electron chi connectivity index (χ1n) is 8.58. The van der Waals surface area contributed by atoms with Crippen molar-refractivity contribution >= 4 is 40.9 Å². The van der Waals surface area contributed by atoms with Crippen LogP contribution >= 0.6 is 23.2 Å². The quantitative estimate of drug-likeness (QED) is 0.731. The summed E-state index contributed by atoms with van der Waals surface area (Å²) < 4.78 is 0. The molecule has 1 atom stereocenters. The van der Waals surface area contributed by atoms with Crippen molar-refractivity contribution in [1.29, 1.82) is 0 Å². The highest BCUT2D eigenvalue weighted by atomic mass is 35.5. The van der Waals surface area contributed by atoms with Crippen LogP contribution in [-0.4, -0.2) is 29.2 Å². The van der Waals surface area contributed by atoms with Gasteiger partial charge in [0.25, 0.3) is 11.8 Å². The minimum absolute atomic E-state index is 0.176. The summed E-state index contributed by atoms with van der Waals surface area (Å²) in [6.45, 7) is 2.03. The van der Waals surface area contributed by atoms with Crippen LogP contribution in [0.25, 0.3) is 0 Å². The summed E-state index contributed by atoms with van der Waals surface area (Å²) in [5.74, 6) is -0.792. The third kappa shape index (κ3) is 4.15. The smallest absolute Gasteiger partial charge is 0.261 e. The highest BCUT2D eigenvalue weighted by Gasteiger charge is 2.34. The highest BCUT2D eigenvalue weighted by Crippen LogP contribution is 2.26. The first kappa shape index (κ1) is 19.4. The summed E-state index contributed by atoms with van der Waals surface area (Å²) >= 11 is 12.0. The Morgan fingerprint density at radius 2 is 1.70 bits per heavy atom. The third-order valence-electron chi connectivity index (χ3n) is 4.47. The van der Waals surface area contributed by atoms with Gasteiger partial charge in [-0.25, -0.2) is 0 Å². The molecule has 0 radical (unpaired) electrons. The average molecular weight is 405 g/mol. The average Bonchev–Trinajstić information content (AvgIpc) is 2.87. The molecule has 0 unspecified atom stereocenters. The Morgan fingerprint density at radius 3 is 2.30 bits per heavy atom. The van der Waals surface area contributed by atoms with Crippen LogP contribution in [-0.2, 0) is 4.79 Å². The van der Waals surface area contributed by atoms with Crippen molar-refractivity contribution in [2.45, 2.75) is 25.8 Å². The van der Waals surface area contributed by atoms with Gasteiger partial charge >= 0.3 is 0 Å². The van der Waals surface area contributed by atoms with Crippen molar-refractivity contribution in [3.63, 3.8) is 0 Å². The van der Waals surface area contributed by atoms with E-state index in [0.717, 1.165) is 5.56 Å². The van der Waals surface area contributed by atoms with Crippen molar-refractivity contribution in [3.8, 4) is 0 Å². The van der Waals surface area contributed by atoms with E-state index in [1.54, 1.807) is 42.5 Å². The van der Waals surface area contributed by atoms with E-state index in [1.807, 2.05) is 6.92 Å². The van der Waals surface area contributed by atoms with E-state index in [0.29, 0.717) is 27.6 Å². The molecule has 0 fully saturated rings. The van der Waals surface area contributed by atoms with E-state index in [1.165, 1.54) is 4.90 Å². The molecule has 1 aliphatic rings. The lowest BCUT2D eigenvalue weighted by atomic mass is 10.1. The van der Waals surface area contributed by atoms with Gasteiger partial charge in [-0.2, -0.15) is 0 Å². The number of halogens is 2. The molecule has 5 nitrogen and oxygen atoms in total. The van der Waals surface area contributed by atoms with Crippen LogP contribution in [0.1, 0.15) is 52.1 Å². The molecule has 1 heterocycles. The number of nitrogens with zero attached hydrogens (tertiary/aromatic N) is 1. The predicted octanol–water partition coefficient (Wildman–Crippen LogP) is 4.25. The van der Waals surface area contributed by atoms with E-state index in [9.17, 15) is 14.4 Å². The molecule has 1 N–H and O–H groups in total. The molecule has 0 saturated heterocycles. The topological polar surface area (TPSA) is 66.5 Å². The van der Waals surface area contributed by atoms with Crippen LogP contribution in [0.15, 0.2) is 42.5 Å². The zero-order valence-electron chi connectivity index (χ0n) is 14.7. The normalized spacial score (nSPS) is 14.3. The van der Waals surface area contributed by atoms with Gasteiger partial charge in [-0.3, -0.25) is 19.3 Å². The van der Waals surface area contributed by atoms with Crippen molar-refractivity contribution in [2.24, 2.45) is 0 Å². The first-order chi connectivity index (χ1) is 12.9. The molecule has 0 aromatic heterocycles. The van der Waals surface area contributed by atoms with E-state index >= 15 is 0 Å². The van der Waals surface area contributed by atoms with Crippen LogP contribution in [0.5, 0.6) is 0 Å². The number of carbonyl (C=O) groups is 3. The number of rotatable bonds is 6. The van der Waals surface area contributed by atoms with E-state index in [-0.39, 0.29) is 36.7 Å². The first-order valence-corrected chi connectivity index (χ1v) is 9.33. The third-order valence-corrected chi connectivity index (χ3v) is 5.03. The number of imide groups is 1. The molecule has 27 heavy (non-hydrogen) atoms. The fourth-order valence-electron chi connectivity index (χ4n) is 3.08. The molecule has 0 spiro atoms. The number of hydrogen-bond donors (Lipinski definition) is 1. The molecule has 140 valence electrons. The summed E-state index contributed by atoms with van der Waals surface area (Å²) in [5, 5.41) is 3.88. The molecule has 0 bridgehead atoms. The molecular weight excluding hydrogens is 387 g/mol. The van der Waals surface area contributed by atoms with Gasteiger partial charge in [0.1, 0.15) is 0 Å². The minimum atomic E-state index is -0.308. The maximum absolute atomic E-state index is 12.3. The van der Waals surface area contributed by atoms with Crippen LogP contribution < -0.4 is 5.32 Å². The number of hydrogen-bond acceptors (Lipinski definition) is 3. The van der Waals surface area contributed by atoms with Gasteiger partial charge in [-0.15, -0.1) is 0 Å². The maximum Gasteiger partial charge on any atom is 0.261 e. The number of nitrogens with one attached hydrogen (secondary N) is 1. The van der Waals surface area contributed by atoms with Crippen molar-refractivity contribution < 1.29 is 14.4 Å². The Bertz CT molecular complexity index is 879. The second kappa shape index (κ2) is 8.11. The fraction of sp³-hybridized carbons (Fsp3) is 0.250. The van der Waals surface area contributed by atoms with Crippen molar-refractivity contribution in [1.82, 2.24) is 10.2 Å². The van der Waals surface area contributed by atoms with Crippen LogP contribution in [0.2, 0.25) is 10.0 Å². The lowest BCUT2D eigenvalue weighted by molar-refractivity contribution is -0.121. The van der Waals surface area contributed by atoms with Crippen LogP contribution in [0.4, 0.5) is 0 Å². The largest absolute Gasteiger partial charge is 0.350 e. The fourth-order valence-corrected chi connectivity index (χ4v) is 3.66. The molecule has 3 rings (SSSR count). The van der Waals surface area contributed by atoms with Gasteiger partial charge in [-0.05, 0) is 43.2 Å². The summed E-state index contributed by atoms with van der Waals surface area (Å²) in [4.78, 5) is 38.0. The predicted molar refractivity (Wildman–Crippen MR) is 104 cm³/mol. The van der Waals surface area contributed by atoms with Crippen LogP contribution in [0.3, 0.4) is 0 Å². The highest BCUT2D eigenvalue weighted by molar-refractivity contribution is 6.35. The molecule has 0 aliphatic carbocycles. The Hall–Kier alpha value is -2.37. The maximum atomic E-state index is 12.3. The molecule has 1 aliphatic heterocycles. The number of fused-ring (bicyclic) bond motifs is 1. The van der Waals surface area contributed by atoms with Gasteiger partial charge in [0.15, 0.2) is 0 Å². The second-order valence-electron chi connectivity index (χ2n) is 6.37. The van der Waals surface area contributed by atoms with Crippen molar-refractivity contribution in [3.05, 3.63) is 69.2 Å². The van der Waals surface area contributed by atoms with Gasteiger partial charge < -0.3 is 5.32 Å². The van der Waals surface area contributed by atoms with Gasteiger partial charge in [0, 0.05) is 23.0 Å². The summed E-state index contributed by atoms with van der Waals surface area (Å²) in [5.41, 5.74) is 1.60. The lowest BCUT2D eigenvalue weighted by Crippen LogP contribution is -2.32. The zero-order chi connectivity index (χ0) is 19.6. The van der Waals surface area contributed by atoms with E-state index in [2.05, 4.69) is 5.32 Å². The van der Waals surface area contributed by atoms with Gasteiger partial charge in [0.05, 0.1) is 17.2 Å². The number of amides is 3. The summed E-state index contributed by atoms with van der Waals surface area (Å²) in [7, 11) is 0. The number of benzene rings is 2. The molecular formula is C20H18Cl2N2O3. The molecule has 0 saturated carbocycles. The Balaban J connectivity index is 1.52. The zero-order valence-corrected chi connectivity index (χ0v) is 16.2. The molecule has 7 heteroatoms. The van der Waals surface area contributed by atoms with Crippen LogP contribution in [0, 0.1) is 0 Å². The van der Waals surface area contributed by atoms with Gasteiger partial charge in [-0.1, -0.05) is 41.4 Å². The summed E-state index contributed by atoms with van der Waals surface area (Å²) in [6.07, 6.45) is 0.585. The van der Waals surface area contributed by atoms with Crippen molar-refractivity contribution in [2.75, 3.05) is 6.54 Å². The minimum Gasteiger partial charge on any atom is -0.350 e. The van der Waals surface area contributed by atoms with E-state index < -0.39 is 0 Å². The monoisotopic (exact) mass is 404 g/mol. The molecule has 2 aromatic carbocycles. The molecule has 3 amide bonds. The SMILES string of the molecule is C[C@H](NC(=O)CCCN1C(=O)c2ccccc2C1=O)c1ccc(Cl)cc1Cl. The lowest BCUT2D eigenvalue weighted by Gasteiger charge is -2.17. The molecule has 2 aromatic rings.